The highest BCUT2D eigenvalue weighted by Crippen LogP contribution is 2.55. The highest BCUT2D eigenvalue weighted by molar-refractivity contribution is 7.95. The van der Waals surface area contributed by atoms with Crippen LogP contribution in [0, 0.1) is 0 Å². The second-order valence-electron chi connectivity index (χ2n) is 9.44. The Balaban J connectivity index is 0.00000408. The largest absolute Gasteiger partial charge is 1.00 e. The van der Waals surface area contributed by atoms with E-state index in [0.29, 0.717) is 0 Å². The standard InChI is InChI=1S/C32H42P.BrH/c1-29(2)21-13-8-6-4-3-5-7-9-20-28-33(30-22-14-10-15-23-30,31-24-16-11-17-25-31)32-26-18-12-19-27-32;/h10-12,14-19,21-27H,3-9,13,20,28H2,1-2H3;1H/q+1;/p-1. The molecule has 2 heteroatoms. The first-order valence-electron chi connectivity index (χ1n) is 12.9. The van der Waals surface area contributed by atoms with Crippen LogP contribution in [0.4, 0.5) is 0 Å². The van der Waals surface area contributed by atoms with Crippen LogP contribution in [-0.4, -0.2) is 6.16 Å². The van der Waals surface area contributed by atoms with Crippen LogP contribution >= 0.6 is 7.26 Å². The second kappa shape index (κ2) is 16.1. The summed E-state index contributed by atoms with van der Waals surface area (Å²) < 4.78 is 0. The van der Waals surface area contributed by atoms with Gasteiger partial charge >= 0.3 is 0 Å². The summed E-state index contributed by atoms with van der Waals surface area (Å²) in [5.74, 6) is 0. The van der Waals surface area contributed by atoms with Gasteiger partial charge in [0.15, 0.2) is 0 Å². The fourth-order valence-corrected chi connectivity index (χ4v) is 9.24. The Bertz CT molecular complexity index is 834. The fourth-order valence-electron chi connectivity index (χ4n) is 4.83. The van der Waals surface area contributed by atoms with Crippen molar-refractivity contribution in [3.63, 3.8) is 0 Å². The Hall–Kier alpha value is -1.69. The minimum absolute atomic E-state index is 0. The number of unbranched alkanes of at least 4 members (excludes halogenated alkanes) is 8. The van der Waals surface area contributed by atoms with Gasteiger partial charge in [0, 0.05) is 0 Å². The van der Waals surface area contributed by atoms with E-state index in [1.54, 1.807) is 0 Å². The summed E-state index contributed by atoms with van der Waals surface area (Å²) >= 11 is 0. The van der Waals surface area contributed by atoms with Crippen molar-refractivity contribution < 1.29 is 17.0 Å². The minimum atomic E-state index is -1.64. The van der Waals surface area contributed by atoms with Gasteiger partial charge in [0.05, 0.1) is 6.16 Å². The summed E-state index contributed by atoms with van der Waals surface area (Å²) in [5.41, 5.74) is 1.45. The van der Waals surface area contributed by atoms with Crippen molar-refractivity contribution in [1.82, 2.24) is 0 Å². The van der Waals surface area contributed by atoms with Crippen molar-refractivity contribution >= 4 is 23.2 Å². The molecule has 0 aromatic heterocycles. The summed E-state index contributed by atoms with van der Waals surface area (Å²) in [6.07, 6.45) is 15.8. The lowest BCUT2D eigenvalue weighted by atomic mass is 10.1. The van der Waals surface area contributed by atoms with E-state index in [1.165, 1.54) is 85.4 Å². The number of rotatable bonds is 14. The number of hydrogen-bond donors (Lipinski definition) is 0. The maximum absolute atomic E-state index is 2.38. The molecule has 0 atom stereocenters. The minimum Gasteiger partial charge on any atom is -1.00 e. The van der Waals surface area contributed by atoms with Gasteiger partial charge in [-0.1, -0.05) is 98.4 Å². The molecular formula is C32H42BrP. The molecule has 0 fully saturated rings. The third kappa shape index (κ3) is 8.51. The molecule has 0 saturated heterocycles. The van der Waals surface area contributed by atoms with Crippen molar-refractivity contribution in [2.45, 2.75) is 71.6 Å². The predicted molar refractivity (Wildman–Crippen MR) is 151 cm³/mol. The Morgan fingerprint density at radius 2 is 0.882 bits per heavy atom. The lowest BCUT2D eigenvalue weighted by Crippen LogP contribution is -3.00. The molecule has 0 heterocycles. The lowest BCUT2D eigenvalue weighted by molar-refractivity contribution is -0.00000680. The molecule has 0 unspecified atom stereocenters. The third-order valence-corrected chi connectivity index (χ3v) is 11.1. The SMILES string of the molecule is CC(C)=CCCCCCCCCCC[P+](c1ccccc1)(c1ccccc1)c1ccccc1.[Br-]. The van der Waals surface area contributed by atoms with Crippen molar-refractivity contribution in [2.75, 3.05) is 6.16 Å². The van der Waals surface area contributed by atoms with Gasteiger partial charge in [0.25, 0.3) is 0 Å². The number of halogens is 1. The fraction of sp³-hybridized carbons (Fsp3) is 0.375. The quantitative estimate of drug-likeness (QED) is 0.146. The molecular weight excluding hydrogens is 495 g/mol. The summed E-state index contributed by atoms with van der Waals surface area (Å²) in [6.45, 7) is 4.40. The Kier molecular flexibility index (Phi) is 13.5. The van der Waals surface area contributed by atoms with Crippen LogP contribution < -0.4 is 32.9 Å². The van der Waals surface area contributed by atoms with Gasteiger partial charge < -0.3 is 17.0 Å². The lowest BCUT2D eigenvalue weighted by Gasteiger charge is -2.27. The zero-order chi connectivity index (χ0) is 23.2. The highest BCUT2D eigenvalue weighted by Gasteiger charge is 2.44. The Morgan fingerprint density at radius 1 is 0.529 bits per heavy atom. The molecule has 0 amide bonds. The molecule has 182 valence electrons. The molecule has 0 aliphatic heterocycles. The van der Waals surface area contributed by atoms with Gasteiger partial charge in [-0.3, -0.25) is 0 Å². The molecule has 3 aromatic rings. The van der Waals surface area contributed by atoms with Crippen LogP contribution in [0.5, 0.6) is 0 Å². The van der Waals surface area contributed by atoms with Crippen LogP contribution in [0.15, 0.2) is 103 Å². The number of allylic oxidation sites excluding steroid dienone is 2. The summed E-state index contributed by atoms with van der Waals surface area (Å²) in [7, 11) is -1.64. The van der Waals surface area contributed by atoms with Crippen LogP contribution in [0.1, 0.15) is 71.6 Å². The smallest absolute Gasteiger partial charge is 0.112 e. The van der Waals surface area contributed by atoms with E-state index in [-0.39, 0.29) is 17.0 Å². The maximum Gasteiger partial charge on any atom is 0.112 e. The van der Waals surface area contributed by atoms with Crippen LogP contribution in [0.25, 0.3) is 0 Å². The van der Waals surface area contributed by atoms with E-state index in [9.17, 15) is 0 Å². The number of benzene rings is 3. The topological polar surface area (TPSA) is 0 Å². The van der Waals surface area contributed by atoms with E-state index in [4.69, 9.17) is 0 Å². The second-order valence-corrected chi connectivity index (χ2v) is 13.1. The average Bonchev–Trinajstić information content (AvgIpc) is 2.86. The molecule has 0 spiro atoms. The van der Waals surface area contributed by atoms with E-state index in [2.05, 4.69) is 111 Å². The van der Waals surface area contributed by atoms with Gasteiger partial charge in [0.1, 0.15) is 23.2 Å². The van der Waals surface area contributed by atoms with E-state index < -0.39 is 7.26 Å². The van der Waals surface area contributed by atoms with Gasteiger partial charge in [-0.25, -0.2) is 0 Å². The normalized spacial score (nSPS) is 11.0. The molecule has 0 N–H and O–H groups in total. The highest BCUT2D eigenvalue weighted by atomic mass is 79.9. The van der Waals surface area contributed by atoms with Gasteiger partial charge in [0.2, 0.25) is 0 Å². The number of hydrogen-bond acceptors (Lipinski definition) is 0. The molecule has 3 aromatic carbocycles. The molecule has 0 aliphatic carbocycles. The van der Waals surface area contributed by atoms with Crippen LogP contribution in [0.3, 0.4) is 0 Å². The van der Waals surface area contributed by atoms with E-state index in [1.807, 2.05) is 0 Å². The zero-order valence-electron chi connectivity index (χ0n) is 21.1. The van der Waals surface area contributed by atoms with Gasteiger partial charge in [-0.2, -0.15) is 0 Å². The van der Waals surface area contributed by atoms with Crippen LogP contribution in [-0.2, 0) is 0 Å². The summed E-state index contributed by atoms with van der Waals surface area (Å²) in [4.78, 5) is 0. The molecule has 0 saturated carbocycles. The molecule has 0 bridgehead atoms. The summed E-state index contributed by atoms with van der Waals surface area (Å²) in [5, 5.41) is 4.54. The summed E-state index contributed by atoms with van der Waals surface area (Å²) in [6, 6.07) is 33.9. The monoisotopic (exact) mass is 536 g/mol. The van der Waals surface area contributed by atoms with Crippen molar-refractivity contribution in [3.05, 3.63) is 103 Å². The molecule has 34 heavy (non-hydrogen) atoms. The van der Waals surface area contributed by atoms with Crippen LogP contribution in [0.2, 0.25) is 0 Å². The van der Waals surface area contributed by atoms with Crippen molar-refractivity contribution in [3.8, 4) is 0 Å². The zero-order valence-corrected chi connectivity index (χ0v) is 23.6. The Labute approximate surface area is 220 Å². The molecule has 0 aliphatic rings. The van der Waals surface area contributed by atoms with Gasteiger partial charge in [-0.15, -0.1) is 0 Å². The van der Waals surface area contributed by atoms with E-state index >= 15 is 0 Å². The molecule has 0 nitrogen and oxygen atoms in total. The third-order valence-electron chi connectivity index (χ3n) is 6.59. The molecule has 3 rings (SSSR count). The van der Waals surface area contributed by atoms with Gasteiger partial charge in [-0.05, 0) is 75.9 Å². The first kappa shape index (κ1) is 28.5. The molecule has 0 radical (unpaired) electrons. The maximum atomic E-state index is 2.38. The van der Waals surface area contributed by atoms with Crippen molar-refractivity contribution in [1.29, 1.82) is 0 Å². The van der Waals surface area contributed by atoms with Crippen molar-refractivity contribution in [2.24, 2.45) is 0 Å². The Morgan fingerprint density at radius 3 is 1.26 bits per heavy atom. The average molecular weight is 538 g/mol. The first-order valence-corrected chi connectivity index (χ1v) is 14.9. The van der Waals surface area contributed by atoms with E-state index in [0.717, 1.165) is 0 Å². The predicted octanol–water partition coefficient (Wildman–Crippen LogP) is 5.46. The first-order chi connectivity index (χ1) is 16.2.